The summed E-state index contributed by atoms with van der Waals surface area (Å²) in [7, 11) is 2.11. The molecular weight excluding hydrogens is 336 g/mol. The van der Waals surface area contributed by atoms with Crippen LogP contribution in [0.3, 0.4) is 0 Å². The Bertz CT molecular complexity index is 506. The van der Waals surface area contributed by atoms with Crippen LogP contribution in [0.25, 0.3) is 0 Å². The monoisotopic (exact) mass is 356 g/mol. The molecular formula is C15H21BrN2O3. The van der Waals surface area contributed by atoms with Crippen molar-refractivity contribution >= 4 is 15.9 Å². The maximum absolute atomic E-state index is 6.03. The van der Waals surface area contributed by atoms with E-state index in [0.717, 1.165) is 41.2 Å². The highest BCUT2D eigenvalue weighted by molar-refractivity contribution is 9.10. The largest absolute Gasteiger partial charge is 0.486 e. The minimum atomic E-state index is 0.142. The first-order chi connectivity index (χ1) is 10.2. The molecule has 0 radical (unpaired) electrons. The summed E-state index contributed by atoms with van der Waals surface area (Å²) in [6.07, 6.45) is 1.05. The van der Waals surface area contributed by atoms with Crippen molar-refractivity contribution in [3.05, 3.63) is 22.2 Å². The third-order valence-corrected chi connectivity index (χ3v) is 4.79. The van der Waals surface area contributed by atoms with Gasteiger partial charge in [-0.25, -0.2) is 0 Å². The van der Waals surface area contributed by atoms with Gasteiger partial charge >= 0.3 is 0 Å². The molecule has 21 heavy (non-hydrogen) atoms. The summed E-state index contributed by atoms with van der Waals surface area (Å²) >= 11 is 3.57. The number of benzene rings is 1. The normalized spacial score (nSPS) is 22.6. The molecule has 1 aromatic rings. The summed E-state index contributed by atoms with van der Waals surface area (Å²) in [5.41, 5.74) is 7.17. The predicted molar refractivity (Wildman–Crippen MR) is 83.9 cm³/mol. The number of hydrogen-bond acceptors (Lipinski definition) is 5. The topological polar surface area (TPSA) is 57.0 Å². The van der Waals surface area contributed by atoms with Crippen molar-refractivity contribution < 1.29 is 14.2 Å². The molecule has 0 spiro atoms. The number of hydrogen-bond donors (Lipinski definition) is 1. The second-order valence-electron chi connectivity index (χ2n) is 5.46. The molecule has 0 aliphatic carbocycles. The Kier molecular flexibility index (Phi) is 4.69. The number of fused-ring (bicyclic) bond motifs is 1. The molecule has 3 rings (SSSR count). The molecule has 1 saturated heterocycles. The second-order valence-corrected chi connectivity index (χ2v) is 6.32. The summed E-state index contributed by atoms with van der Waals surface area (Å²) in [6, 6.07) is 4.69. The van der Waals surface area contributed by atoms with E-state index in [1.807, 2.05) is 6.07 Å². The Morgan fingerprint density at radius 1 is 1.33 bits per heavy atom. The van der Waals surface area contributed by atoms with Crippen molar-refractivity contribution in [2.45, 2.75) is 18.5 Å². The Labute approximate surface area is 133 Å². The van der Waals surface area contributed by atoms with E-state index >= 15 is 0 Å². The van der Waals surface area contributed by atoms with Crippen LogP contribution in [-0.2, 0) is 4.74 Å². The quantitative estimate of drug-likeness (QED) is 0.893. The van der Waals surface area contributed by atoms with Crippen molar-refractivity contribution in [2.75, 3.05) is 40.0 Å². The average Bonchev–Trinajstić information content (AvgIpc) is 3.02. The number of ether oxygens (including phenoxy) is 3. The predicted octanol–water partition coefficient (Wildman–Crippen LogP) is 1.94. The molecule has 0 bridgehead atoms. The third kappa shape index (κ3) is 3.04. The SMILES string of the molecule is CN(C1CCOC1)C(CN)c1cc(Br)c2c(c1)OCCO2. The summed E-state index contributed by atoms with van der Waals surface area (Å²) in [5, 5.41) is 0. The Balaban J connectivity index is 1.88. The van der Waals surface area contributed by atoms with E-state index in [1.54, 1.807) is 0 Å². The van der Waals surface area contributed by atoms with Crippen LogP contribution in [0.1, 0.15) is 18.0 Å². The second kappa shape index (κ2) is 6.52. The van der Waals surface area contributed by atoms with Crippen molar-refractivity contribution in [3.8, 4) is 11.5 Å². The van der Waals surface area contributed by atoms with Gasteiger partial charge in [-0.2, -0.15) is 0 Å². The molecule has 116 valence electrons. The zero-order valence-electron chi connectivity index (χ0n) is 12.2. The van der Waals surface area contributed by atoms with E-state index in [2.05, 4.69) is 33.9 Å². The third-order valence-electron chi connectivity index (χ3n) is 4.20. The van der Waals surface area contributed by atoms with E-state index in [0.29, 0.717) is 25.8 Å². The van der Waals surface area contributed by atoms with E-state index in [1.165, 1.54) is 0 Å². The molecule has 6 heteroatoms. The first-order valence-electron chi connectivity index (χ1n) is 7.29. The van der Waals surface area contributed by atoms with Gasteiger partial charge in [0.2, 0.25) is 0 Å². The van der Waals surface area contributed by atoms with Crippen molar-refractivity contribution in [1.29, 1.82) is 0 Å². The van der Waals surface area contributed by atoms with E-state index in [-0.39, 0.29) is 6.04 Å². The van der Waals surface area contributed by atoms with Gasteiger partial charge < -0.3 is 19.9 Å². The van der Waals surface area contributed by atoms with E-state index in [9.17, 15) is 0 Å². The summed E-state index contributed by atoms with van der Waals surface area (Å²) in [5.74, 6) is 1.58. The maximum Gasteiger partial charge on any atom is 0.175 e. The lowest BCUT2D eigenvalue weighted by molar-refractivity contribution is 0.133. The van der Waals surface area contributed by atoms with Gasteiger partial charge in [-0.15, -0.1) is 0 Å². The Morgan fingerprint density at radius 3 is 2.86 bits per heavy atom. The van der Waals surface area contributed by atoms with Crippen molar-refractivity contribution in [3.63, 3.8) is 0 Å². The minimum Gasteiger partial charge on any atom is -0.486 e. The van der Waals surface area contributed by atoms with Crippen molar-refractivity contribution in [1.82, 2.24) is 4.90 Å². The molecule has 0 amide bonds. The molecule has 2 aliphatic heterocycles. The lowest BCUT2D eigenvalue weighted by Crippen LogP contribution is -2.39. The van der Waals surface area contributed by atoms with Crippen LogP contribution in [0.4, 0.5) is 0 Å². The Morgan fingerprint density at radius 2 is 2.14 bits per heavy atom. The smallest absolute Gasteiger partial charge is 0.175 e. The summed E-state index contributed by atoms with van der Waals surface area (Å²) in [6.45, 7) is 3.34. The van der Waals surface area contributed by atoms with Gasteiger partial charge in [0.05, 0.1) is 11.1 Å². The van der Waals surface area contributed by atoms with Gasteiger partial charge in [0.25, 0.3) is 0 Å². The first kappa shape index (κ1) is 15.1. The fraction of sp³-hybridized carbons (Fsp3) is 0.600. The van der Waals surface area contributed by atoms with Crippen LogP contribution in [0.15, 0.2) is 16.6 Å². The standard InChI is InChI=1S/C15H21BrN2O3/c1-18(11-2-3-19-9-11)13(8-17)10-6-12(16)15-14(7-10)20-4-5-21-15/h6-7,11,13H,2-5,8-9,17H2,1H3. The molecule has 2 atom stereocenters. The van der Waals surface area contributed by atoms with Crippen LogP contribution >= 0.6 is 15.9 Å². The lowest BCUT2D eigenvalue weighted by atomic mass is 10.0. The fourth-order valence-electron chi connectivity index (χ4n) is 2.96. The minimum absolute atomic E-state index is 0.142. The molecule has 0 aromatic heterocycles. The van der Waals surface area contributed by atoms with Gasteiger partial charge in [-0.1, -0.05) is 0 Å². The van der Waals surface area contributed by atoms with Gasteiger partial charge in [-0.05, 0) is 47.1 Å². The lowest BCUT2D eigenvalue weighted by Gasteiger charge is -2.32. The highest BCUT2D eigenvalue weighted by Crippen LogP contribution is 2.40. The molecule has 2 aliphatic rings. The fourth-order valence-corrected chi connectivity index (χ4v) is 3.53. The van der Waals surface area contributed by atoms with E-state index in [4.69, 9.17) is 19.9 Å². The maximum atomic E-state index is 6.03. The summed E-state index contributed by atoms with van der Waals surface area (Å²) in [4.78, 5) is 2.31. The summed E-state index contributed by atoms with van der Waals surface area (Å²) < 4.78 is 17.8. The van der Waals surface area contributed by atoms with E-state index < -0.39 is 0 Å². The molecule has 1 fully saturated rings. The Hall–Kier alpha value is -0.820. The molecule has 2 unspecified atom stereocenters. The van der Waals surface area contributed by atoms with Crippen LogP contribution in [0, 0.1) is 0 Å². The molecule has 2 N–H and O–H groups in total. The molecule has 5 nitrogen and oxygen atoms in total. The zero-order valence-corrected chi connectivity index (χ0v) is 13.8. The van der Waals surface area contributed by atoms with Gasteiger partial charge in [0.1, 0.15) is 13.2 Å². The van der Waals surface area contributed by atoms with Crippen LogP contribution in [-0.4, -0.2) is 51.0 Å². The van der Waals surface area contributed by atoms with Crippen LogP contribution in [0.2, 0.25) is 0 Å². The number of rotatable bonds is 4. The molecule has 1 aromatic carbocycles. The zero-order chi connectivity index (χ0) is 14.8. The number of nitrogens with zero attached hydrogens (tertiary/aromatic N) is 1. The van der Waals surface area contributed by atoms with Gasteiger partial charge in [-0.3, -0.25) is 4.90 Å². The van der Waals surface area contributed by atoms with Gasteiger partial charge in [0.15, 0.2) is 11.5 Å². The number of halogens is 1. The first-order valence-corrected chi connectivity index (χ1v) is 8.08. The highest BCUT2D eigenvalue weighted by atomic mass is 79.9. The van der Waals surface area contributed by atoms with Gasteiger partial charge in [0, 0.05) is 25.2 Å². The average molecular weight is 357 g/mol. The highest BCUT2D eigenvalue weighted by Gasteiger charge is 2.28. The van der Waals surface area contributed by atoms with Crippen molar-refractivity contribution in [2.24, 2.45) is 5.73 Å². The number of nitrogens with two attached hydrogens (primary N) is 1. The van der Waals surface area contributed by atoms with Crippen LogP contribution < -0.4 is 15.2 Å². The molecule has 0 saturated carbocycles. The molecule has 2 heterocycles. The number of likely N-dealkylation sites (N-methyl/N-ethyl adjacent to an activating group) is 1. The van der Waals surface area contributed by atoms with Crippen LogP contribution in [0.5, 0.6) is 11.5 Å².